The van der Waals surface area contributed by atoms with Gasteiger partial charge in [-0.15, -0.1) is 11.3 Å². The molecule has 4 rings (SSSR count). The lowest BCUT2D eigenvalue weighted by Crippen LogP contribution is -2.48. The lowest BCUT2D eigenvalue weighted by Gasteiger charge is -2.36. The van der Waals surface area contributed by atoms with Crippen molar-refractivity contribution in [1.82, 2.24) is 25.2 Å². The Balaban J connectivity index is 1.60. The molecule has 0 radical (unpaired) electrons. The Bertz CT molecular complexity index is 872. The average Bonchev–Trinajstić information content (AvgIpc) is 3.31. The molecule has 1 aliphatic rings. The van der Waals surface area contributed by atoms with Crippen LogP contribution in [0.5, 0.6) is 0 Å². The lowest BCUT2D eigenvalue weighted by atomic mass is 10.0. The van der Waals surface area contributed by atoms with Gasteiger partial charge in [0.15, 0.2) is 0 Å². The molecule has 6 nitrogen and oxygen atoms in total. The van der Waals surface area contributed by atoms with Gasteiger partial charge in [0, 0.05) is 49.2 Å². The van der Waals surface area contributed by atoms with Gasteiger partial charge in [-0.25, -0.2) is 4.98 Å². The standard InChI is InChI=1S/C18H19N5OS/c1-12-22-16(11-25-12)14-7-15(21-9-14)18(24)23-6-5-20-10-17(23)13-3-2-4-19-8-13/h2-4,7-9,11,17,20-21H,5-6,10H2,1H3. The normalized spacial score (nSPS) is 17.6. The Morgan fingerprint density at radius 2 is 2.36 bits per heavy atom. The molecule has 1 amide bonds. The summed E-state index contributed by atoms with van der Waals surface area (Å²) in [4.78, 5) is 26.8. The number of pyridine rings is 1. The van der Waals surface area contributed by atoms with E-state index in [0.29, 0.717) is 12.2 Å². The minimum Gasteiger partial charge on any atom is -0.357 e. The van der Waals surface area contributed by atoms with Crippen molar-refractivity contribution in [2.75, 3.05) is 19.6 Å². The molecule has 1 saturated heterocycles. The van der Waals surface area contributed by atoms with E-state index in [1.54, 1.807) is 17.5 Å². The number of hydrogen-bond acceptors (Lipinski definition) is 5. The van der Waals surface area contributed by atoms with Crippen LogP contribution >= 0.6 is 11.3 Å². The predicted octanol–water partition coefficient (Wildman–Crippen LogP) is 2.63. The summed E-state index contributed by atoms with van der Waals surface area (Å²) < 4.78 is 0. The van der Waals surface area contributed by atoms with Crippen LogP contribution in [0.4, 0.5) is 0 Å². The van der Waals surface area contributed by atoms with Crippen molar-refractivity contribution < 1.29 is 4.79 Å². The summed E-state index contributed by atoms with van der Waals surface area (Å²) >= 11 is 1.61. The molecule has 0 aliphatic carbocycles. The smallest absolute Gasteiger partial charge is 0.270 e. The molecule has 1 aliphatic heterocycles. The molecule has 7 heteroatoms. The number of thiazole rings is 1. The number of aromatic nitrogens is 3. The molecule has 4 heterocycles. The number of hydrogen-bond donors (Lipinski definition) is 2. The number of carbonyl (C=O) groups is 1. The summed E-state index contributed by atoms with van der Waals surface area (Å²) in [6.45, 7) is 4.17. The van der Waals surface area contributed by atoms with Crippen LogP contribution in [0.15, 0.2) is 42.2 Å². The zero-order chi connectivity index (χ0) is 17.2. The second kappa shape index (κ2) is 6.78. The summed E-state index contributed by atoms with van der Waals surface area (Å²) in [5.74, 6) is 0.00792. The summed E-state index contributed by atoms with van der Waals surface area (Å²) in [6, 6.07) is 5.80. The Morgan fingerprint density at radius 1 is 1.44 bits per heavy atom. The molecule has 0 bridgehead atoms. The molecule has 2 N–H and O–H groups in total. The Hall–Kier alpha value is -2.51. The molecule has 25 heavy (non-hydrogen) atoms. The molecule has 3 aromatic rings. The molecule has 3 aromatic heterocycles. The van der Waals surface area contributed by atoms with Crippen molar-refractivity contribution in [1.29, 1.82) is 0 Å². The van der Waals surface area contributed by atoms with E-state index in [4.69, 9.17) is 0 Å². The highest BCUT2D eigenvalue weighted by Crippen LogP contribution is 2.26. The van der Waals surface area contributed by atoms with E-state index in [-0.39, 0.29) is 11.9 Å². The van der Waals surface area contributed by atoms with Gasteiger partial charge < -0.3 is 15.2 Å². The van der Waals surface area contributed by atoms with Crippen molar-refractivity contribution in [2.24, 2.45) is 0 Å². The predicted molar refractivity (Wildman–Crippen MR) is 97.5 cm³/mol. The fourth-order valence-electron chi connectivity index (χ4n) is 3.13. The van der Waals surface area contributed by atoms with Gasteiger partial charge in [0.05, 0.1) is 16.7 Å². The van der Waals surface area contributed by atoms with E-state index in [2.05, 4.69) is 20.3 Å². The Morgan fingerprint density at radius 3 is 3.12 bits per heavy atom. The number of carbonyl (C=O) groups excluding carboxylic acids is 1. The molecule has 1 atom stereocenters. The average molecular weight is 353 g/mol. The van der Waals surface area contributed by atoms with E-state index in [0.717, 1.165) is 34.9 Å². The first kappa shape index (κ1) is 16.0. The van der Waals surface area contributed by atoms with E-state index < -0.39 is 0 Å². The van der Waals surface area contributed by atoms with Crippen LogP contribution in [0.2, 0.25) is 0 Å². The topological polar surface area (TPSA) is 73.9 Å². The van der Waals surface area contributed by atoms with Crippen LogP contribution in [0.3, 0.4) is 0 Å². The van der Waals surface area contributed by atoms with Crippen molar-refractivity contribution >= 4 is 17.2 Å². The monoisotopic (exact) mass is 353 g/mol. The first-order valence-electron chi connectivity index (χ1n) is 8.25. The van der Waals surface area contributed by atoms with Gasteiger partial charge in [0.25, 0.3) is 5.91 Å². The first-order chi connectivity index (χ1) is 12.2. The van der Waals surface area contributed by atoms with Crippen LogP contribution in [0.1, 0.15) is 27.1 Å². The van der Waals surface area contributed by atoms with Gasteiger partial charge in [-0.3, -0.25) is 9.78 Å². The Kier molecular flexibility index (Phi) is 4.33. The van der Waals surface area contributed by atoms with Crippen LogP contribution < -0.4 is 5.32 Å². The third kappa shape index (κ3) is 3.20. The van der Waals surface area contributed by atoms with Gasteiger partial charge in [-0.1, -0.05) is 6.07 Å². The van der Waals surface area contributed by atoms with Gasteiger partial charge in [0.2, 0.25) is 0 Å². The zero-order valence-corrected chi connectivity index (χ0v) is 14.7. The third-order valence-corrected chi connectivity index (χ3v) is 5.18. The maximum atomic E-state index is 13.1. The van der Waals surface area contributed by atoms with E-state index in [1.807, 2.05) is 47.8 Å². The van der Waals surface area contributed by atoms with Crippen molar-refractivity contribution in [2.45, 2.75) is 13.0 Å². The summed E-state index contributed by atoms with van der Waals surface area (Å²) in [5, 5.41) is 6.39. The van der Waals surface area contributed by atoms with Gasteiger partial charge in [-0.2, -0.15) is 0 Å². The minimum absolute atomic E-state index is 0.00792. The number of nitrogens with zero attached hydrogens (tertiary/aromatic N) is 3. The number of aromatic amines is 1. The summed E-state index contributed by atoms with van der Waals surface area (Å²) in [5.41, 5.74) is 3.49. The molecule has 1 unspecified atom stereocenters. The summed E-state index contributed by atoms with van der Waals surface area (Å²) in [7, 11) is 0. The van der Waals surface area contributed by atoms with Crippen molar-refractivity contribution in [3.8, 4) is 11.3 Å². The van der Waals surface area contributed by atoms with Gasteiger partial charge in [-0.05, 0) is 24.6 Å². The highest BCUT2D eigenvalue weighted by atomic mass is 32.1. The molecular weight excluding hydrogens is 334 g/mol. The van der Waals surface area contributed by atoms with E-state index >= 15 is 0 Å². The van der Waals surface area contributed by atoms with Crippen LogP contribution in [-0.4, -0.2) is 45.4 Å². The number of piperazine rings is 1. The second-order valence-corrected chi connectivity index (χ2v) is 7.12. The molecular formula is C18H19N5OS. The minimum atomic E-state index is -0.0109. The van der Waals surface area contributed by atoms with Crippen LogP contribution in [-0.2, 0) is 0 Å². The maximum absolute atomic E-state index is 13.1. The van der Waals surface area contributed by atoms with E-state index in [9.17, 15) is 4.79 Å². The highest BCUT2D eigenvalue weighted by Gasteiger charge is 2.29. The second-order valence-electron chi connectivity index (χ2n) is 6.06. The SMILES string of the molecule is Cc1nc(-c2c[nH]c(C(=O)N3CCNCC3c3cccnc3)c2)cs1. The zero-order valence-electron chi connectivity index (χ0n) is 13.9. The Labute approximate surface area is 149 Å². The largest absolute Gasteiger partial charge is 0.357 e. The molecule has 128 valence electrons. The molecule has 0 aromatic carbocycles. The third-order valence-electron chi connectivity index (χ3n) is 4.40. The van der Waals surface area contributed by atoms with E-state index in [1.165, 1.54) is 0 Å². The number of amides is 1. The van der Waals surface area contributed by atoms with Gasteiger partial charge in [0.1, 0.15) is 5.69 Å². The number of nitrogens with one attached hydrogen (secondary N) is 2. The highest BCUT2D eigenvalue weighted by molar-refractivity contribution is 7.09. The quantitative estimate of drug-likeness (QED) is 0.759. The lowest BCUT2D eigenvalue weighted by molar-refractivity contribution is 0.0628. The van der Waals surface area contributed by atoms with Crippen LogP contribution in [0, 0.1) is 6.92 Å². The number of H-pyrrole nitrogens is 1. The van der Waals surface area contributed by atoms with Crippen molar-refractivity contribution in [3.05, 3.63) is 58.4 Å². The molecule has 0 spiro atoms. The number of rotatable bonds is 3. The number of aryl methyl sites for hydroxylation is 1. The fraction of sp³-hybridized carbons (Fsp3) is 0.278. The fourth-order valence-corrected chi connectivity index (χ4v) is 3.76. The summed E-state index contributed by atoms with van der Waals surface area (Å²) in [6.07, 6.45) is 5.43. The van der Waals surface area contributed by atoms with Gasteiger partial charge >= 0.3 is 0 Å². The molecule has 1 fully saturated rings. The molecule has 0 saturated carbocycles. The van der Waals surface area contributed by atoms with Crippen LogP contribution in [0.25, 0.3) is 11.3 Å². The maximum Gasteiger partial charge on any atom is 0.270 e. The first-order valence-corrected chi connectivity index (χ1v) is 9.13. The van der Waals surface area contributed by atoms with Crippen molar-refractivity contribution in [3.63, 3.8) is 0 Å².